The van der Waals surface area contributed by atoms with Crippen LogP contribution in [0.3, 0.4) is 0 Å². The fraction of sp³-hybridized carbons (Fsp3) is 0.526. The number of nitrogens with two attached hydrogens (primary N) is 1. The van der Waals surface area contributed by atoms with Crippen molar-refractivity contribution in [2.24, 2.45) is 14.1 Å². The number of carbonyl (C=O) groups excluding carboxylic acids is 1. The molecule has 0 saturated carbocycles. The van der Waals surface area contributed by atoms with Gasteiger partial charge < -0.3 is 10.3 Å². The van der Waals surface area contributed by atoms with Crippen molar-refractivity contribution in [2.75, 3.05) is 18.8 Å². The molecule has 1 aliphatic heterocycles. The fourth-order valence-electron chi connectivity index (χ4n) is 3.92. The number of nitrogen functional groups attached to an aromatic ring is 1. The van der Waals surface area contributed by atoms with E-state index in [2.05, 4.69) is 15.5 Å². The molecule has 3 rings (SSSR count). The minimum absolute atomic E-state index is 0.0236. The van der Waals surface area contributed by atoms with Crippen molar-refractivity contribution in [3.05, 3.63) is 50.4 Å². The highest BCUT2D eigenvalue weighted by molar-refractivity contribution is 6.01. The molecule has 0 aromatic carbocycles. The van der Waals surface area contributed by atoms with Crippen LogP contribution in [0.25, 0.3) is 0 Å². The summed E-state index contributed by atoms with van der Waals surface area (Å²) < 4.78 is 4.34. The Morgan fingerprint density at radius 3 is 2.67 bits per heavy atom. The molecule has 8 heteroatoms. The number of hydrogen-bond donors (Lipinski definition) is 1. The van der Waals surface area contributed by atoms with Crippen LogP contribution in [0.2, 0.25) is 0 Å². The molecule has 1 saturated heterocycles. The molecular weight excluding hydrogens is 346 g/mol. The third-order valence-corrected chi connectivity index (χ3v) is 5.35. The van der Waals surface area contributed by atoms with Crippen molar-refractivity contribution in [2.45, 2.75) is 38.8 Å². The van der Waals surface area contributed by atoms with E-state index in [1.54, 1.807) is 0 Å². The SMILES string of the molecule is CCCn1c(N)c(C(=O)CN2CCC[C@@H]2c2cccn2C)c(=O)n(C)c1=O. The van der Waals surface area contributed by atoms with Crippen molar-refractivity contribution in [3.8, 4) is 0 Å². The number of ketones is 1. The van der Waals surface area contributed by atoms with E-state index < -0.39 is 11.2 Å². The van der Waals surface area contributed by atoms with Gasteiger partial charge >= 0.3 is 5.69 Å². The summed E-state index contributed by atoms with van der Waals surface area (Å²) in [5.41, 5.74) is 6.04. The lowest BCUT2D eigenvalue weighted by Gasteiger charge is -2.24. The lowest BCUT2D eigenvalue weighted by atomic mass is 10.1. The van der Waals surface area contributed by atoms with E-state index >= 15 is 0 Å². The van der Waals surface area contributed by atoms with Crippen LogP contribution in [0.5, 0.6) is 0 Å². The first kappa shape index (κ1) is 19.2. The van der Waals surface area contributed by atoms with Crippen molar-refractivity contribution >= 4 is 11.6 Å². The number of Topliss-reactive ketones (excluding diaryl/α,β-unsaturated/α-hetero) is 1. The number of aromatic nitrogens is 3. The number of rotatable bonds is 6. The second-order valence-corrected chi connectivity index (χ2v) is 7.15. The second kappa shape index (κ2) is 7.56. The second-order valence-electron chi connectivity index (χ2n) is 7.15. The maximum absolute atomic E-state index is 13.0. The molecular formula is C19H27N5O3. The molecule has 146 valence electrons. The highest BCUT2D eigenvalue weighted by Crippen LogP contribution is 2.31. The smallest absolute Gasteiger partial charge is 0.332 e. The van der Waals surface area contributed by atoms with Crippen molar-refractivity contribution in [1.29, 1.82) is 0 Å². The van der Waals surface area contributed by atoms with Gasteiger partial charge in [0, 0.05) is 32.5 Å². The monoisotopic (exact) mass is 373 g/mol. The molecule has 0 spiro atoms. The lowest BCUT2D eigenvalue weighted by Crippen LogP contribution is -2.44. The van der Waals surface area contributed by atoms with Crippen LogP contribution < -0.4 is 17.0 Å². The predicted molar refractivity (Wildman–Crippen MR) is 104 cm³/mol. The topological polar surface area (TPSA) is 95.3 Å². The Labute approximate surface area is 157 Å². The summed E-state index contributed by atoms with van der Waals surface area (Å²) in [6.45, 7) is 3.18. The first-order valence-corrected chi connectivity index (χ1v) is 9.34. The normalized spacial score (nSPS) is 17.5. The zero-order valence-electron chi connectivity index (χ0n) is 16.1. The highest BCUT2D eigenvalue weighted by atomic mass is 16.2. The Morgan fingerprint density at radius 1 is 1.30 bits per heavy atom. The molecule has 1 fully saturated rings. The Morgan fingerprint density at radius 2 is 2.04 bits per heavy atom. The fourth-order valence-corrected chi connectivity index (χ4v) is 3.92. The Balaban J connectivity index is 1.94. The third kappa shape index (κ3) is 3.37. The van der Waals surface area contributed by atoms with E-state index in [1.807, 2.05) is 26.2 Å². The molecule has 0 bridgehead atoms. The lowest BCUT2D eigenvalue weighted by molar-refractivity contribution is 0.0917. The van der Waals surface area contributed by atoms with Gasteiger partial charge in [-0.1, -0.05) is 6.92 Å². The number of carbonyl (C=O) groups is 1. The average Bonchev–Trinajstić information content (AvgIpc) is 3.25. The molecule has 8 nitrogen and oxygen atoms in total. The van der Waals surface area contributed by atoms with Crippen molar-refractivity contribution < 1.29 is 4.79 Å². The molecule has 0 radical (unpaired) electrons. The van der Waals surface area contributed by atoms with Gasteiger partial charge in [0.1, 0.15) is 11.4 Å². The molecule has 1 atom stereocenters. The summed E-state index contributed by atoms with van der Waals surface area (Å²) in [7, 11) is 3.37. The molecule has 27 heavy (non-hydrogen) atoms. The third-order valence-electron chi connectivity index (χ3n) is 5.35. The number of anilines is 1. The van der Waals surface area contributed by atoms with Crippen LogP contribution in [0.15, 0.2) is 27.9 Å². The number of hydrogen-bond acceptors (Lipinski definition) is 5. The molecule has 0 amide bonds. The van der Waals surface area contributed by atoms with Gasteiger partial charge in [0.15, 0.2) is 5.78 Å². The predicted octanol–water partition coefficient (Wildman–Crippen LogP) is 0.898. The minimum atomic E-state index is -0.621. The molecule has 3 heterocycles. The largest absolute Gasteiger partial charge is 0.384 e. The van der Waals surface area contributed by atoms with Crippen LogP contribution >= 0.6 is 0 Å². The van der Waals surface area contributed by atoms with Crippen molar-refractivity contribution in [3.63, 3.8) is 0 Å². The van der Waals surface area contributed by atoms with Gasteiger partial charge in [-0.2, -0.15) is 0 Å². The molecule has 2 aromatic rings. The number of nitrogens with zero attached hydrogens (tertiary/aromatic N) is 4. The first-order chi connectivity index (χ1) is 12.9. The van der Waals surface area contributed by atoms with Gasteiger partial charge in [-0.25, -0.2) is 4.79 Å². The van der Waals surface area contributed by atoms with Gasteiger partial charge in [0.25, 0.3) is 5.56 Å². The van der Waals surface area contributed by atoms with Gasteiger partial charge in [-0.3, -0.25) is 23.6 Å². The zero-order valence-corrected chi connectivity index (χ0v) is 16.1. The zero-order chi connectivity index (χ0) is 19.7. The summed E-state index contributed by atoms with van der Waals surface area (Å²) in [5, 5.41) is 0. The Bertz CT molecular complexity index is 969. The summed E-state index contributed by atoms with van der Waals surface area (Å²) in [4.78, 5) is 40.0. The van der Waals surface area contributed by atoms with E-state index in [0.29, 0.717) is 13.0 Å². The summed E-state index contributed by atoms with van der Waals surface area (Å²) in [6, 6.07) is 4.19. The molecule has 1 aliphatic rings. The van der Waals surface area contributed by atoms with Crippen LogP contribution in [-0.4, -0.2) is 37.5 Å². The van der Waals surface area contributed by atoms with Gasteiger partial charge in [-0.15, -0.1) is 0 Å². The summed E-state index contributed by atoms with van der Waals surface area (Å²) >= 11 is 0. The van der Waals surface area contributed by atoms with E-state index in [-0.39, 0.29) is 29.8 Å². The maximum Gasteiger partial charge on any atom is 0.332 e. The van der Waals surface area contributed by atoms with Crippen LogP contribution in [-0.2, 0) is 20.6 Å². The summed E-state index contributed by atoms with van der Waals surface area (Å²) in [6.07, 6.45) is 4.62. The van der Waals surface area contributed by atoms with Gasteiger partial charge in [0.2, 0.25) is 0 Å². The van der Waals surface area contributed by atoms with Gasteiger partial charge in [-0.05, 0) is 37.9 Å². The molecule has 0 unspecified atom stereocenters. The van der Waals surface area contributed by atoms with E-state index in [1.165, 1.54) is 11.6 Å². The molecule has 2 aromatic heterocycles. The van der Waals surface area contributed by atoms with E-state index in [9.17, 15) is 14.4 Å². The first-order valence-electron chi connectivity index (χ1n) is 9.34. The Kier molecular flexibility index (Phi) is 5.36. The van der Waals surface area contributed by atoms with E-state index in [4.69, 9.17) is 5.73 Å². The molecule has 0 aliphatic carbocycles. The standard InChI is InChI=1S/C19H27N5O3/c1-4-9-24-17(20)16(18(26)22(3)19(24)27)15(25)12-23-11-6-8-14(23)13-7-5-10-21(13)2/h5,7,10,14H,4,6,8-9,11-12,20H2,1-3H3/t14-/m1/s1. The minimum Gasteiger partial charge on any atom is -0.384 e. The highest BCUT2D eigenvalue weighted by Gasteiger charge is 2.31. The average molecular weight is 373 g/mol. The summed E-state index contributed by atoms with van der Waals surface area (Å²) in [5.74, 6) is -0.358. The quantitative estimate of drug-likeness (QED) is 0.759. The maximum atomic E-state index is 13.0. The van der Waals surface area contributed by atoms with Crippen molar-refractivity contribution in [1.82, 2.24) is 18.6 Å². The number of aryl methyl sites for hydroxylation is 1. The van der Waals surface area contributed by atoms with E-state index in [0.717, 1.165) is 29.6 Å². The van der Waals surface area contributed by atoms with Crippen LogP contribution in [0.4, 0.5) is 5.82 Å². The Hall–Kier alpha value is -2.61. The number of likely N-dealkylation sites (tertiary alicyclic amines) is 1. The van der Waals surface area contributed by atoms with Crippen LogP contribution in [0, 0.1) is 0 Å². The molecule has 2 N–H and O–H groups in total. The van der Waals surface area contributed by atoms with Gasteiger partial charge in [0.05, 0.1) is 12.6 Å². The van der Waals surface area contributed by atoms with Crippen LogP contribution in [0.1, 0.15) is 48.3 Å².